The molecule has 0 aliphatic rings. The van der Waals surface area contributed by atoms with Crippen LogP contribution in [0, 0.1) is 5.82 Å². The minimum atomic E-state index is -0.619. The molecule has 0 saturated heterocycles. The number of hydrogen-bond acceptors (Lipinski definition) is 0. The van der Waals surface area contributed by atoms with Crippen molar-refractivity contribution in [2.75, 3.05) is 0 Å². The van der Waals surface area contributed by atoms with E-state index in [1.54, 1.807) is 12.1 Å². The molecular formula is C6H5BrClFMg. The van der Waals surface area contributed by atoms with Gasteiger partial charge in [0.05, 0.1) is 0 Å². The lowest BCUT2D eigenvalue weighted by molar-refractivity contribution is 0.628. The molecular weight excluding hydrogens is 231 g/mol. The molecule has 0 radical (unpaired) electrons. The maximum absolute atomic E-state index is 12.2. The highest BCUT2D eigenvalue weighted by molar-refractivity contribution is 8.93. The quantitative estimate of drug-likeness (QED) is 0.653. The van der Waals surface area contributed by atoms with Gasteiger partial charge < -0.3 is 9.07 Å². The summed E-state index contributed by atoms with van der Waals surface area (Å²) in [4.78, 5) is 0. The molecule has 0 spiro atoms. The highest BCUT2D eigenvalue weighted by Crippen LogP contribution is 1.91. The molecule has 0 atom stereocenters. The van der Waals surface area contributed by atoms with Crippen LogP contribution in [-0.2, 0) is 0 Å². The lowest BCUT2D eigenvalue weighted by Crippen LogP contribution is -2.06. The van der Waals surface area contributed by atoms with Gasteiger partial charge in [-0.25, -0.2) is 4.39 Å². The van der Waals surface area contributed by atoms with Crippen LogP contribution >= 0.6 is 26.1 Å². The molecule has 0 amide bonds. The van der Waals surface area contributed by atoms with Crippen LogP contribution in [0.4, 0.5) is 4.39 Å². The summed E-state index contributed by atoms with van der Waals surface area (Å²) < 4.78 is 13.3. The molecule has 1 aromatic carbocycles. The van der Waals surface area contributed by atoms with Gasteiger partial charge in [-0.05, 0) is 12.1 Å². The normalized spacial score (nSPS) is 7.80. The smallest absolute Gasteiger partial charge is 0.336 e. The molecule has 4 heteroatoms. The molecule has 10 heavy (non-hydrogen) atoms. The van der Waals surface area contributed by atoms with Gasteiger partial charge >= 0.3 is 19.3 Å². The summed E-state index contributed by atoms with van der Waals surface area (Å²) in [6, 6.07) is 6.33. The Bertz CT molecular complexity index is 189. The number of rotatable bonds is 1. The molecule has 1 rings (SSSR count). The summed E-state index contributed by atoms with van der Waals surface area (Å²) in [7, 11) is 5.60. The molecule has 0 N–H and O–H groups in total. The molecule has 0 heterocycles. The average molecular weight is 236 g/mol. The van der Waals surface area contributed by atoms with Gasteiger partial charge in [0.1, 0.15) is 5.82 Å². The van der Waals surface area contributed by atoms with Crippen molar-refractivity contribution in [3.05, 3.63) is 30.1 Å². The fourth-order valence-corrected chi connectivity index (χ4v) is 1.52. The molecule has 0 aliphatic heterocycles. The van der Waals surface area contributed by atoms with E-state index >= 15 is 0 Å². The summed E-state index contributed by atoms with van der Waals surface area (Å²) in [5, 5.41) is 0. The highest BCUT2D eigenvalue weighted by atomic mass is 79.9. The van der Waals surface area contributed by atoms with Crippen LogP contribution < -0.4 is 3.69 Å². The van der Waals surface area contributed by atoms with E-state index in [0.717, 1.165) is 3.69 Å². The van der Waals surface area contributed by atoms with Gasteiger partial charge in [0.15, 0.2) is 0 Å². The molecule has 0 aromatic heterocycles. The van der Waals surface area contributed by atoms with Crippen LogP contribution in [0.3, 0.4) is 0 Å². The zero-order chi connectivity index (χ0) is 6.69. The number of hydrogen-bond donors (Lipinski definition) is 0. The van der Waals surface area contributed by atoms with Crippen LogP contribution in [0.15, 0.2) is 24.3 Å². The van der Waals surface area contributed by atoms with Crippen molar-refractivity contribution in [1.82, 2.24) is 0 Å². The highest BCUT2D eigenvalue weighted by Gasteiger charge is 1.93. The van der Waals surface area contributed by atoms with Crippen LogP contribution in [0.5, 0.6) is 0 Å². The standard InChI is InChI=1S/C6H4F.BrH.ClH.Mg/c7-6-4-2-1-3-5-6;;;/h2-5H;2*1H;/q;;;+1/p-1. The largest absolute Gasteiger partial charge is 0.538 e. The summed E-state index contributed by atoms with van der Waals surface area (Å²) in [5.74, 6) is -0.196. The summed E-state index contributed by atoms with van der Waals surface area (Å²) in [6.45, 7) is 0. The monoisotopic (exact) mass is 234 g/mol. The maximum atomic E-state index is 12.2. The van der Waals surface area contributed by atoms with E-state index in [1.807, 2.05) is 0 Å². The molecule has 0 bridgehead atoms. The third kappa shape index (κ3) is 3.19. The Hall–Kier alpha value is 0.686. The van der Waals surface area contributed by atoms with Crippen molar-refractivity contribution in [1.29, 1.82) is 0 Å². The fraction of sp³-hybridized carbons (Fsp3) is 0. The second-order valence-corrected chi connectivity index (χ2v) is 3.65. The van der Waals surface area contributed by atoms with Gasteiger partial charge in [-0.2, -0.15) is 0 Å². The Labute approximate surface area is 83.0 Å². The van der Waals surface area contributed by atoms with E-state index in [4.69, 9.17) is 9.07 Å². The number of halogens is 3. The molecule has 0 aliphatic carbocycles. The van der Waals surface area contributed by atoms with Crippen molar-refractivity contribution < 1.29 is 4.39 Å². The fourth-order valence-electron chi connectivity index (χ4n) is 0.573. The Balaban J connectivity index is 0.000000810. The predicted molar refractivity (Wildman–Crippen MR) is 48.0 cm³/mol. The van der Waals surface area contributed by atoms with Crippen molar-refractivity contribution in [3.63, 3.8) is 0 Å². The van der Waals surface area contributed by atoms with Gasteiger partial charge in [-0.15, -0.1) is 20.7 Å². The van der Waals surface area contributed by atoms with E-state index in [-0.39, 0.29) is 22.8 Å². The van der Waals surface area contributed by atoms with E-state index < -0.39 is 19.3 Å². The molecule has 52 valence electrons. The van der Waals surface area contributed by atoms with Crippen molar-refractivity contribution in [2.45, 2.75) is 0 Å². The average Bonchev–Trinajstić information content (AvgIpc) is 1.90. The maximum Gasteiger partial charge on any atom is 0.538 e. The molecule has 1 aromatic rings. The zero-order valence-electron chi connectivity index (χ0n) is 5.18. The van der Waals surface area contributed by atoms with Gasteiger partial charge in [0.25, 0.3) is 0 Å². The first-order valence-corrected chi connectivity index (χ1v) is 5.48. The number of benzene rings is 1. The van der Waals surface area contributed by atoms with E-state index in [0.29, 0.717) is 0 Å². The minimum Gasteiger partial charge on any atom is -0.336 e. The summed E-state index contributed by atoms with van der Waals surface area (Å²) in [6.07, 6.45) is 0. The lowest BCUT2D eigenvalue weighted by Gasteiger charge is -1.90. The van der Waals surface area contributed by atoms with E-state index in [2.05, 4.69) is 0 Å². The third-order valence-corrected chi connectivity index (χ3v) is 2.77. The van der Waals surface area contributed by atoms with Crippen molar-refractivity contribution in [3.8, 4) is 0 Å². The Morgan fingerprint density at radius 2 is 1.70 bits per heavy atom. The summed E-state index contributed by atoms with van der Waals surface area (Å²) in [5.41, 5.74) is 0. The first-order chi connectivity index (χ1) is 4.33. The lowest BCUT2D eigenvalue weighted by atomic mass is 10.3. The zero-order valence-corrected chi connectivity index (χ0v) is 9.06. The molecule has 0 fully saturated rings. The van der Waals surface area contributed by atoms with Crippen LogP contribution in [0.25, 0.3) is 0 Å². The molecule has 0 saturated carbocycles. The van der Waals surface area contributed by atoms with Crippen LogP contribution in [0.1, 0.15) is 0 Å². The van der Waals surface area contributed by atoms with E-state index in [1.165, 1.54) is 12.1 Å². The topological polar surface area (TPSA) is 0 Å². The van der Waals surface area contributed by atoms with Crippen LogP contribution in [-0.4, -0.2) is 19.3 Å². The van der Waals surface area contributed by atoms with Gasteiger partial charge in [-0.1, -0.05) is 12.1 Å². The van der Waals surface area contributed by atoms with Crippen molar-refractivity contribution in [2.24, 2.45) is 0 Å². The van der Waals surface area contributed by atoms with Gasteiger partial charge in [-0.3, -0.25) is 0 Å². The second kappa shape index (κ2) is 5.35. The predicted octanol–water partition coefficient (Wildman–Crippen LogP) is 1.89. The first kappa shape index (κ1) is 10.7. The summed E-state index contributed by atoms with van der Waals surface area (Å²) >= 11 is -0.619. The van der Waals surface area contributed by atoms with Gasteiger partial charge in [0, 0.05) is 0 Å². The Kier molecular flexibility index (Phi) is 5.72. The Morgan fingerprint density at radius 3 is 2.10 bits per heavy atom. The first-order valence-electron chi connectivity index (χ1n) is 2.63. The van der Waals surface area contributed by atoms with Crippen LogP contribution in [0.2, 0.25) is 0 Å². The minimum absolute atomic E-state index is 0. The van der Waals surface area contributed by atoms with Crippen molar-refractivity contribution >= 4 is 49.0 Å². The third-order valence-electron chi connectivity index (χ3n) is 1.07. The second-order valence-electron chi connectivity index (χ2n) is 1.76. The molecule has 0 unspecified atom stereocenters. The van der Waals surface area contributed by atoms with E-state index in [9.17, 15) is 4.39 Å². The molecule has 0 nitrogen and oxygen atoms in total. The Morgan fingerprint density at radius 1 is 1.20 bits per heavy atom. The SMILES string of the molecule is Br.Fc1cc[c]([Mg][Cl])cc1. The van der Waals surface area contributed by atoms with Gasteiger partial charge in [0.2, 0.25) is 0 Å².